The van der Waals surface area contributed by atoms with Crippen LogP contribution in [0.5, 0.6) is 0 Å². The quantitative estimate of drug-likeness (QED) is 0.554. The third-order valence-electron chi connectivity index (χ3n) is 5.45. The molecule has 2 N–H and O–H groups in total. The first kappa shape index (κ1) is 21.8. The predicted molar refractivity (Wildman–Crippen MR) is 110 cm³/mol. The molecular formula is C22H18F5N3O2. The Morgan fingerprint density at radius 2 is 1.94 bits per heavy atom. The summed E-state index contributed by atoms with van der Waals surface area (Å²) >= 11 is 0. The summed E-state index contributed by atoms with van der Waals surface area (Å²) in [6, 6.07) is 8.02. The molecule has 168 valence electrons. The molecule has 1 fully saturated rings. The molecule has 0 saturated carbocycles. The number of aryl methyl sites for hydroxylation is 1. The van der Waals surface area contributed by atoms with Gasteiger partial charge in [-0.05, 0) is 36.8 Å². The van der Waals surface area contributed by atoms with Gasteiger partial charge in [0.05, 0.1) is 17.8 Å². The van der Waals surface area contributed by atoms with Crippen molar-refractivity contribution in [2.45, 2.75) is 25.4 Å². The number of rotatable bonds is 3. The number of amides is 1. The second kappa shape index (κ2) is 7.61. The van der Waals surface area contributed by atoms with Crippen LogP contribution in [0.25, 0.3) is 10.9 Å². The fourth-order valence-corrected chi connectivity index (χ4v) is 3.83. The molecule has 1 aliphatic heterocycles. The van der Waals surface area contributed by atoms with Gasteiger partial charge in [0, 0.05) is 35.8 Å². The number of anilines is 2. The highest BCUT2D eigenvalue weighted by molar-refractivity contribution is 6.06. The molecule has 0 spiro atoms. The number of hydrogen-bond acceptors (Lipinski definition) is 3. The maximum absolute atomic E-state index is 13.7. The molecule has 5 nitrogen and oxygen atoms in total. The number of aromatic amines is 1. The number of halogens is 5. The van der Waals surface area contributed by atoms with Crippen molar-refractivity contribution in [1.82, 2.24) is 4.98 Å². The molecule has 32 heavy (non-hydrogen) atoms. The van der Waals surface area contributed by atoms with Crippen LogP contribution in [0.1, 0.15) is 27.9 Å². The van der Waals surface area contributed by atoms with Gasteiger partial charge in [0.1, 0.15) is 5.56 Å². The van der Waals surface area contributed by atoms with Crippen LogP contribution in [-0.2, 0) is 6.18 Å². The van der Waals surface area contributed by atoms with E-state index in [0.29, 0.717) is 11.1 Å². The average molecular weight is 451 g/mol. The Kier molecular flexibility index (Phi) is 5.18. The molecule has 3 aromatic rings. The molecule has 1 amide bonds. The molecule has 0 unspecified atom stereocenters. The summed E-state index contributed by atoms with van der Waals surface area (Å²) in [4.78, 5) is 29.4. The van der Waals surface area contributed by atoms with E-state index in [9.17, 15) is 31.5 Å². The highest BCUT2D eigenvalue weighted by atomic mass is 19.4. The third-order valence-corrected chi connectivity index (χ3v) is 5.45. The maximum Gasteiger partial charge on any atom is 0.418 e. The minimum absolute atomic E-state index is 0.0216. The number of aromatic nitrogens is 1. The van der Waals surface area contributed by atoms with Crippen molar-refractivity contribution in [3.05, 3.63) is 69.5 Å². The molecule has 4 rings (SSSR count). The van der Waals surface area contributed by atoms with Crippen molar-refractivity contribution in [3.63, 3.8) is 0 Å². The Bertz CT molecular complexity index is 1270. The first-order chi connectivity index (χ1) is 15.0. The zero-order chi connectivity index (χ0) is 23.3. The smallest absolute Gasteiger partial charge is 0.365 e. The van der Waals surface area contributed by atoms with Gasteiger partial charge in [-0.3, -0.25) is 9.59 Å². The van der Waals surface area contributed by atoms with E-state index in [1.165, 1.54) is 6.07 Å². The van der Waals surface area contributed by atoms with Crippen LogP contribution in [0.4, 0.5) is 33.3 Å². The van der Waals surface area contributed by atoms with Crippen molar-refractivity contribution < 1.29 is 26.7 Å². The topological polar surface area (TPSA) is 65.2 Å². The van der Waals surface area contributed by atoms with E-state index in [1.54, 1.807) is 25.1 Å². The molecule has 0 bridgehead atoms. The Hall–Kier alpha value is -3.43. The lowest BCUT2D eigenvalue weighted by molar-refractivity contribution is -0.136. The summed E-state index contributed by atoms with van der Waals surface area (Å²) in [5.74, 6) is -3.98. The summed E-state index contributed by atoms with van der Waals surface area (Å²) in [5, 5.41) is 2.41. The molecule has 2 aromatic carbocycles. The standard InChI is InChI=1S/C22H18F5N3O2/c1-12-3-2-4-17-18(12)19(31)14(10-28-17)20(32)29-16-6-5-13(9-15(16)22(25,26)27)30-8-7-21(23,24)11-30/h2-6,9-10H,7-8,11H2,1H3,(H,28,31)(H,29,32). The van der Waals surface area contributed by atoms with Crippen molar-refractivity contribution in [1.29, 1.82) is 0 Å². The number of H-pyrrole nitrogens is 1. The number of fused-ring (bicyclic) bond motifs is 1. The monoisotopic (exact) mass is 451 g/mol. The minimum atomic E-state index is -4.85. The van der Waals surface area contributed by atoms with Gasteiger partial charge in [0.25, 0.3) is 11.8 Å². The predicted octanol–water partition coefficient (Wildman–Crippen LogP) is 4.95. The van der Waals surface area contributed by atoms with Crippen molar-refractivity contribution in [3.8, 4) is 0 Å². The maximum atomic E-state index is 13.7. The first-order valence-corrected chi connectivity index (χ1v) is 9.73. The van der Waals surface area contributed by atoms with Crippen molar-refractivity contribution in [2.75, 3.05) is 23.3 Å². The minimum Gasteiger partial charge on any atom is -0.365 e. The number of benzene rings is 2. The van der Waals surface area contributed by atoms with Crippen LogP contribution in [0.2, 0.25) is 0 Å². The molecule has 1 saturated heterocycles. The second-order valence-electron chi connectivity index (χ2n) is 7.74. The van der Waals surface area contributed by atoms with Gasteiger partial charge in [-0.25, -0.2) is 8.78 Å². The summed E-state index contributed by atoms with van der Waals surface area (Å²) in [6.07, 6.45) is -4.16. The third kappa shape index (κ3) is 4.04. The van der Waals surface area contributed by atoms with Crippen LogP contribution < -0.4 is 15.6 Å². The summed E-state index contributed by atoms with van der Waals surface area (Å²) in [5.41, 5.74) is -1.63. The number of nitrogens with zero attached hydrogens (tertiary/aromatic N) is 1. The fourth-order valence-electron chi connectivity index (χ4n) is 3.83. The van der Waals surface area contributed by atoms with Crippen LogP contribution >= 0.6 is 0 Å². The summed E-state index contributed by atoms with van der Waals surface area (Å²) in [7, 11) is 0. The number of nitrogens with one attached hydrogen (secondary N) is 2. The molecule has 1 aliphatic rings. The average Bonchev–Trinajstić information content (AvgIpc) is 3.07. The van der Waals surface area contributed by atoms with Gasteiger partial charge in [0.2, 0.25) is 5.43 Å². The zero-order valence-electron chi connectivity index (χ0n) is 16.8. The van der Waals surface area contributed by atoms with Gasteiger partial charge in [-0.15, -0.1) is 0 Å². The summed E-state index contributed by atoms with van der Waals surface area (Å²) < 4.78 is 68.0. The molecule has 1 aromatic heterocycles. The molecule has 2 heterocycles. The number of pyridine rings is 1. The van der Waals surface area contributed by atoms with Crippen LogP contribution in [0.15, 0.2) is 47.4 Å². The molecular weight excluding hydrogens is 433 g/mol. The second-order valence-corrected chi connectivity index (χ2v) is 7.74. The van der Waals surface area contributed by atoms with Gasteiger partial charge in [0.15, 0.2) is 0 Å². The highest BCUT2D eigenvalue weighted by Crippen LogP contribution is 2.39. The van der Waals surface area contributed by atoms with E-state index in [2.05, 4.69) is 10.3 Å². The van der Waals surface area contributed by atoms with E-state index in [4.69, 9.17) is 0 Å². The van der Waals surface area contributed by atoms with E-state index in [1.807, 2.05) is 0 Å². The Morgan fingerprint density at radius 1 is 1.19 bits per heavy atom. The SMILES string of the molecule is Cc1cccc2[nH]cc(C(=O)Nc3ccc(N4CCC(F)(F)C4)cc3C(F)(F)F)c(=O)c12. The van der Waals surface area contributed by atoms with E-state index in [-0.39, 0.29) is 23.2 Å². The van der Waals surface area contributed by atoms with Gasteiger partial charge >= 0.3 is 6.18 Å². The molecule has 0 atom stereocenters. The van der Waals surface area contributed by atoms with Crippen LogP contribution in [0.3, 0.4) is 0 Å². The van der Waals surface area contributed by atoms with Crippen LogP contribution in [-0.4, -0.2) is 29.9 Å². The van der Waals surface area contributed by atoms with E-state index in [0.717, 1.165) is 23.2 Å². The van der Waals surface area contributed by atoms with Gasteiger partial charge in [-0.2, -0.15) is 13.2 Å². The number of hydrogen-bond donors (Lipinski definition) is 2. The number of carbonyl (C=O) groups excluding carboxylic acids is 1. The van der Waals surface area contributed by atoms with Gasteiger partial charge < -0.3 is 15.2 Å². The lowest BCUT2D eigenvalue weighted by atomic mass is 10.1. The normalized spacial score (nSPS) is 15.9. The van der Waals surface area contributed by atoms with Gasteiger partial charge in [-0.1, -0.05) is 12.1 Å². The van der Waals surface area contributed by atoms with E-state index >= 15 is 0 Å². The lowest BCUT2D eigenvalue weighted by Crippen LogP contribution is -2.26. The number of carbonyl (C=O) groups is 1. The Balaban J connectivity index is 1.69. The molecule has 10 heteroatoms. The Morgan fingerprint density at radius 3 is 2.59 bits per heavy atom. The van der Waals surface area contributed by atoms with Crippen molar-refractivity contribution >= 4 is 28.2 Å². The number of alkyl halides is 5. The molecule has 0 aliphatic carbocycles. The largest absolute Gasteiger partial charge is 0.418 e. The van der Waals surface area contributed by atoms with Crippen molar-refractivity contribution in [2.24, 2.45) is 0 Å². The van der Waals surface area contributed by atoms with E-state index < -0.39 is 47.7 Å². The first-order valence-electron chi connectivity index (χ1n) is 9.73. The lowest BCUT2D eigenvalue weighted by Gasteiger charge is -2.21. The highest BCUT2D eigenvalue weighted by Gasteiger charge is 2.40. The fraction of sp³-hybridized carbons (Fsp3) is 0.273. The zero-order valence-corrected chi connectivity index (χ0v) is 16.8. The Labute approximate surface area is 178 Å². The molecule has 0 radical (unpaired) electrons. The summed E-state index contributed by atoms with van der Waals surface area (Å²) in [6.45, 7) is 0.922. The van der Waals surface area contributed by atoms with Crippen LogP contribution in [0, 0.1) is 6.92 Å².